The lowest BCUT2D eigenvalue weighted by atomic mass is 9.81. The van der Waals surface area contributed by atoms with Gasteiger partial charge in [-0.25, -0.2) is 0 Å². The van der Waals surface area contributed by atoms with Gasteiger partial charge in [-0.05, 0) is 66.6 Å². The monoisotopic (exact) mass is 282 g/mol. The lowest BCUT2D eigenvalue weighted by Gasteiger charge is -2.36. The summed E-state index contributed by atoms with van der Waals surface area (Å²) in [5.74, 6) is 0.571. The van der Waals surface area contributed by atoms with Crippen LogP contribution in [0.4, 0.5) is 0 Å². The molecular formula is C17H34N2O. The van der Waals surface area contributed by atoms with E-state index in [0.717, 1.165) is 6.54 Å². The van der Waals surface area contributed by atoms with Crippen LogP contribution in [0.5, 0.6) is 0 Å². The molecule has 2 aliphatic heterocycles. The first-order valence-corrected chi connectivity index (χ1v) is 8.53. The lowest BCUT2D eigenvalue weighted by Crippen LogP contribution is -2.51. The summed E-state index contributed by atoms with van der Waals surface area (Å²) in [6.07, 6.45) is 5.32. The molecule has 3 nitrogen and oxygen atoms in total. The van der Waals surface area contributed by atoms with Crippen LogP contribution in [-0.2, 0) is 4.74 Å². The van der Waals surface area contributed by atoms with Crippen molar-refractivity contribution in [2.45, 2.75) is 77.5 Å². The molecular weight excluding hydrogens is 248 g/mol. The third-order valence-corrected chi connectivity index (χ3v) is 5.09. The second kappa shape index (κ2) is 6.33. The van der Waals surface area contributed by atoms with Gasteiger partial charge in [-0.1, -0.05) is 13.3 Å². The van der Waals surface area contributed by atoms with E-state index in [-0.39, 0.29) is 11.2 Å². The zero-order valence-electron chi connectivity index (χ0n) is 14.2. The molecule has 2 rings (SSSR count). The fourth-order valence-corrected chi connectivity index (χ4v) is 4.14. The van der Waals surface area contributed by atoms with Crippen LogP contribution in [0.3, 0.4) is 0 Å². The molecule has 0 amide bonds. The number of ether oxygens (including phenoxy) is 1. The van der Waals surface area contributed by atoms with Crippen molar-refractivity contribution < 1.29 is 4.74 Å². The second-order valence-corrected chi connectivity index (χ2v) is 7.71. The van der Waals surface area contributed by atoms with E-state index in [1.165, 1.54) is 45.3 Å². The molecule has 0 aromatic carbocycles. The smallest absolute Gasteiger partial charge is 0.0790 e. The van der Waals surface area contributed by atoms with Gasteiger partial charge in [0.1, 0.15) is 0 Å². The van der Waals surface area contributed by atoms with Crippen LogP contribution < -0.4 is 5.32 Å². The summed E-state index contributed by atoms with van der Waals surface area (Å²) < 4.78 is 6.41. The van der Waals surface area contributed by atoms with Crippen LogP contribution in [0.1, 0.15) is 60.3 Å². The van der Waals surface area contributed by atoms with Crippen molar-refractivity contribution in [1.29, 1.82) is 0 Å². The maximum atomic E-state index is 6.41. The molecule has 3 heteroatoms. The molecule has 0 bridgehead atoms. The van der Waals surface area contributed by atoms with E-state index in [1.54, 1.807) is 0 Å². The molecule has 0 spiro atoms. The molecule has 0 saturated carbocycles. The Morgan fingerprint density at radius 3 is 2.30 bits per heavy atom. The Morgan fingerprint density at radius 2 is 1.70 bits per heavy atom. The van der Waals surface area contributed by atoms with Crippen LogP contribution in [0, 0.1) is 5.92 Å². The first-order chi connectivity index (χ1) is 9.37. The van der Waals surface area contributed by atoms with Crippen LogP contribution in [-0.4, -0.2) is 48.3 Å². The van der Waals surface area contributed by atoms with E-state index in [9.17, 15) is 0 Å². The minimum Gasteiger partial charge on any atom is -0.368 e. The van der Waals surface area contributed by atoms with E-state index in [2.05, 4.69) is 44.8 Å². The van der Waals surface area contributed by atoms with E-state index in [4.69, 9.17) is 4.74 Å². The van der Waals surface area contributed by atoms with Gasteiger partial charge in [0.05, 0.1) is 11.2 Å². The molecule has 0 aromatic rings. The minimum absolute atomic E-state index is 0.0354. The minimum atomic E-state index is -0.0703. The molecule has 0 aromatic heterocycles. The number of hydrogen-bond acceptors (Lipinski definition) is 3. The number of nitrogens with zero attached hydrogens (tertiary/aromatic N) is 1. The number of nitrogens with one attached hydrogen (secondary N) is 1. The van der Waals surface area contributed by atoms with E-state index >= 15 is 0 Å². The molecule has 2 aliphatic rings. The van der Waals surface area contributed by atoms with Gasteiger partial charge < -0.3 is 15.0 Å². The SMILES string of the molecule is CCCNC1C(CN2CCCCC2)C(C)(C)OC1(C)C. The van der Waals surface area contributed by atoms with Crippen LogP contribution in [0.2, 0.25) is 0 Å². The van der Waals surface area contributed by atoms with Crippen LogP contribution >= 0.6 is 0 Å². The Balaban J connectivity index is 2.07. The van der Waals surface area contributed by atoms with Crippen molar-refractivity contribution in [3.05, 3.63) is 0 Å². The fourth-order valence-electron chi connectivity index (χ4n) is 4.14. The second-order valence-electron chi connectivity index (χ2n) is 7.71. The first-order valence-electron chi connectivity index (χ1n) is 8.53. The van der Waals surface area contributed by atoms with Crippen molar-refractivity contribution in [1.82, 2.24) is 10.2 Å². The van der Waals surface area contributed by atoms with Gasteiger partial charge in [0.15, 0.2) is 0 Å². The maximum absolute atomic E-state index is 6.41. The first kappa shape index (κ1) is 16.3. The average Bonchev–Trinajstić information content (AvgIpc) is 2.54. The zero-order valence-corrected chi connectivity index (χ0v) is 14.2. The van der Waals surface area contributed by atoms with Gasteiger partial charge in [0, 0.05) is 18.5 Å². The summed E-state index contributed by atoms with van der Waals surface area (Å²) in [7, 11) is 0. The molecule has 118 valence electrons. The number of rotatable bonds is 5. The Bertz CT molecular complexity index is 308. The standard InChI is InChI=1S/C17H34N2O/c1-6-10-18-15-14(13-19-11-8-7-9-12-19)16(2,3)20-17(15,4)5/h14-15,18H,6-13H2,1-5H3. The zero-order chi connectivity index (χ0) is 14.8. The van der Waals surface area contributed by atoms with Crippen LogP contribution in [0.25, 0.3) is 0 Å². The molecule has 2 atom stereocenters. The Morgan fingerprint density at radius 1 is 1.05 bits per heavy atom. The van der Waals surface area contributed by atoms with E-state index in [0.29, 0.717) is 12.0 Å². The van der Waals surface area contributed by atoms with Crippen molar-refractivity contribution in [2.24, 2.45) is 5.92 Å². The Hall–Kier alpha value is -0.120. The highest BCUT2D eigenvalue weighted by Crippen LogP contribution is 2.42. The molecule has 0 aliphatic carbocycles. The van der Waals surface area contributed by atoms with Gasteiger partial charge in [-0.3, -0.25) is 0 Å². The van der Waals surface area contributed by atoms with Gasteiger partial charge in [0.2, 0.25) is 0 Å². The molecule has 0 radical (unpaired) electrons. The third-order valence-electron chi connectivity index (χ3n) is 5.09. The average molecular weight is 282 g/mol. The highest BCUT2D eigenvalue weighted by molar-refractivity contribution is 5.06. The summed E-state index contributed by atoms with van der Waals surface area (Å²) >= 11 is 0. The van der Waals surface area contributed by atoms with E-state index in [1.807, 2.05) is 0 Å². The maximum Gasteiger partial charge on any atom is 0.0790 e. The predicted molar refractivity (Wildman–Crippen MR) is 85.1 cm³/mol. The normalized spacial score (nSPS) is 33.5. The molecule has 2 unspecified atom stereocenters. The lowest BCUT2D eigenvalue weighted by molar-refractivity contribution is -0.0798. The largest absolute Gasteiger partial charge is 0.368 e. The van der Waals surface area contributed by atoms with Crippen molar-refractivity contribution >= 4 is 0 Å². The fraction of sp³-hybridized carbons (Fsp3) is 1.00. The number of likely N-dealkylation sites (tertiary alicyclic amines) is 1. The summed E-state index contributed by atoms with van der Waals surface area (Å²) in [5, 5.41) is 3.77. The highest BCUT2D eigenvalue weighted by Gasteiger charge is 2.53. The molecule has 1 N–H and O–H groups in total. The predicted octanol–water partition coefficient (Wildman–Crippen LogP) is 3.04. The topological polar surface area (TPSA) is 24.5 Å². The summed E-state index contributed by atoms with van der Waals surface area (Å²) in [6, 6.07) is 0.458. The Kier molecular flexibility index (Phi) is 5.14. The van der Waals surface area contributed by atoms with Gasteiger partial charge in [-0.2, -0.15) is 0 Å². The van der Waals surface area contributed by atoms with Gasteiger partial charge in [-0.15, -0.1) is 0 Å². The summed E-state index contributed by atoms with van der Waals surface area (Å²) in [5.41, 5.74) is -0.106. The number of piperidine rings is 1. The summed E-state index contributed by atoms with van der Waals surface area (Å²) in [4.78, 5) is 2.65. The Labute approximate surface area is 125 Å². The highest BCUT2D eigenvalue weighted by atomic mass is 16.5. The molecule has 2 saturated heterocycles. The summed E-state index contributed by atoms with van der Waals surface area (Å²) in [6.45, 7) is 16.1. The van der Waals surface area contributed by atoms with Crippen LogP contribution in [0.15, 0.2) is 0 Å². The molecule has 2 fully saturated rings. The van der Waals surface area contributed by atoms with Crippen molar-refractivity contribution in [2.75, 3.05) is 26.2 Å². The quantitative estimate of drug-likeness (QED) is 0.839. The van der Waals surface area contributed by atoms with Crippen molar-refractivity contribution in [3.8, 4) is 0 Å². The van der Waals surface area contributed by atoms with Gasteiger partial charge >= 0.3 is 0 Å². The van der Waals surface area contributed by atoms with Crippen molar-refractivity contribution in [3.63, 3.8) is 0 Å². The van der Waals surface area contributed by atoms with Gasteiger partial charge in [0.25, 0.3) is 0 Å². The number of hydrogen-bond donors (Lipinski definition) is 1. The molecule has 2 heterocycles. The third kappa shape index (κ3) is 3.55. The molecule has 20 heavy (non-hydrogen) atoms. The van der Waals surface area contributed by atoms with E-state index < -0.39 is 0 Å².